The minimum Gasteiger partial charge on any atom is -0.455 e. The van der Waals surface area contributed by atoms with E-state index < -0.39 is 88.3 Å². The van der Waals surface area contributed by atoms with E-state index in [4.69, 9.17) is 28.4 Å². The van der Waals surface area contributed by atoms with Crippen LogP contribution in [0, 0.1) is 34.5 Å². The normalized spacial score (nSPS) is 49.9. The van der Waals surface area contributed by atoms with Gasteiger partial charge in [-0.25, -0.2) is 4.79 Å². The Bertz CT molecular complexity index is 1360. The molecule has 1 heterocycles. The van der Waals surface area contributed by atoms with Crippen molar-refractivity contribution in [2.24, 2.45) is 34.5 Å². The smallest absolute Gasteiger partial charge is 0.338 e. The van der Waals surface area contributed by atoms with Crippen LogP contribution in [-0.2, 0) is 33.2 Å². The number of aliphatic hydroxyl groups is 3. The van der Waals surface area contributed by atoms with Crippen molar-refractivity contribution in [1.82, 2.24) is 4.90 Å². The first kappa shape index (κ1) is 32.4. The molecule has 0 radical (unpaired) electrons. The number of methoxy groups -OCH3 is 4. The quantitative estimate of drug-likeness (QED) is 0.323. The van der Waals surface area contributed by atoms with Gasteiger partial charge in [0.05, 0.1) is 30.5 Å². The standard InChI is InChI=1S/C34H47NO11/c1-7-35-15-31(16-41-3)20(37)13-21(42-4)33-19-14-32(40)28(45-30(39)18-11-9-8-10-12-18)22(19)34(46-17(2)36,27(38)29(32)44-6)23(26(33)35)24(43-5)25(31)33/h8-12,19-29,37-38,40H,7,13-16H2,1-6H3/t19-,20?,21?,22?,23?,24?,25-,26-,27?,28?,29?,31?,32?,33?,34-/m1/s1. The van der Waals surface area contributed by atoms with E-state index in [9.17, 15) is 24.9 Å². The Labute approximate surface area is 269 Å². The first-order valence-corrected chi connectivity index (χ1v) is 16.3. The minimum absolute atomic E-state index is 0.0791. The number of esters is 2. The number of hydrogen-bond acceptors (Lipinski definition) is 12. The Kier molecular flexibility index (Phi) is 7.69. The van der Waals surface area contributed by atoms with Crippen molar-refractivity contribution in [1.29, 1.82) is 0 Å². The minimum atomic E-state index is -1.83. The average molecular weight is 646 g/mol. The molecule has 6 fully saturated rings. The second-order valence-corrected chi connectivity index (χ2v) is 14.4. The molecule has 5 aliphatic carbocycles. The number of aliphatic hydroxyl groups excluding tert-OH is 2. The van der Waals surface area contributed by atoms with Crippen molar-refractivity contribution in [2.75, 3.05) is 48.1 Å². The maximum atomic E-state index is 13.8. The lowest BCUT2D eigenvalue weighted by atomic mass is 9.42. The van der Waals surface area contributed by atoms with Crippen LogP contribution in [0.2, 0.25) is 0 Å². The van der Waals surface area contributed by atoms with Crippen LogP contribution in [0.4, 0.5) is 0 Å². The SMILES string of the molecule is CCN1CC2(COC)C(O)CC(OC)C34[C@@H]5CC6(O)C(OC)C(O)[C@@](OC(C)=O)(C5C6OC(=O)c5ccccc5)C(C(OC)[C@H]23)[C@@H]14. The van der Waals surface area contributed by atoms with Gasteiger partial charge in [-0.3, -0.25) is 9.69 Å². The maximum Gasteiger partial charge on any atom is 0.338 e. The Morgan fingerprint density at radius 2 is 1.72 bits per heavy atom. The number of carbonyl (C=O) groups is 2. The van der Waals surface area contributed by atoms with Gasteiger partial charge in [0.1, 0.15) is 23.9 Å². The third-order valence-electron chi connectivity index (χ3n) is 13.2. The van der Waals surface area contributed by atoms with E-state index in [-0.39, 0.29) is 25.0 Å². The molecular weight excluding hydrogens is 598 g/mol. The van der Waals surface area contributed by atoms with Crippen molar-refractivity contribution in [2.45, 2.75) is 80.6 Å². The monoisotopic (exact) mass is 645 g/mol. The second kappa shape index (κ2) is 10.9. The molecule has 3 N–H and O–H groups in total. The number of piperidine rings is 1. The summed E-state index contributed by atoms with van der Waals surface area (Å²) in [4.78, 5) is 29.3. The van der Waals surface area contributed by atoms with Crippen LogP contribution in [0.5, 0.6) is 0 Å². The summed E-state index contributed by atoms with van der Waals surface area (Å²) < 4.78 is 37.4. The van der Waals surface area contributed by atoms with Gasteiger partial charge in [0.25, 0.3) is 0 Å². The molecule has 1 spiro atoms. The van der Waals surface area contributed by atoms with Crippen LogP contribution in [0.25, 0.3) is 0 Å². The van der Waals surface area contributed by atoms with Gasteiger partial charge in [-0.15, -0.1) is 0 Å². The number of nitrogens with zero attached hydrogens (tertiary/aromatic N) is 1. The Hall–Kier alpha value is -2.16. The molecule has 1 aromatic carbocycles. The maximum absolute atomic E-state index is 13.8. The predicted octanol–water partition coefficient (Wildman–Crippen LogP) is 0.648. The van der Waals surface area contributed by atoms with E-state index in [0.29, 0.717) is 25.1 Å². The number of rotatable bonds is 9. The summed E-state index contributed by atoms with van der Waals surface area (Å²) >= 11 is 0. The van der Waals surface area contributed by atoms with Gasteiger partial charge in [-0.1, -0.05) is 25.1 Å². The van der Waals surface area contributed by atoms with Crippen molar-refractivity contribution >= 4 is 11.9 Å². The lowest BCUT2D eigenvalue weighted by molar-refractivity contribution is -0.322. The summed E-state index contributed by atoms with van der Waals surface area (Å²) in [6.07, 6.45) is -5.49. The molecule has 7 rings (SSSR count). The van der Waals surface area contributed by atoms with E-state index in [1.165, 1.54) is 14.0 Å². The van der Waals surface area contributed by atoms with Gasteiger partial charge in [0.2, 0.25) is 0 Å². The van der Waals surface area contributed by atoms with Gasteiger partial charge in [-0.05, 0) is 31.0 Å². The third-order valence-corrected chi connectivity index (χ3v) is 13.2. The van der Waals surface area contributed by atoms with Crippen molar-refractivity contribution in [3.63, 3.8) is 0 Å². The first-order chi connectivity index (χ1) is 22.0. The number of hydrogen-bond donors (Lipinski definition) is 3. The van der Waals surface area contributed by atoms with Gasteiger partial charge < -0.3 is 43.7 Å². The molecule has 46 heavy (non-hydrogen) atoms. The Morgan fingerprint density at radius 1 is 1.00 bits per heavy atom. The van der Waals surface area contributed by atoms with Crippen molar-refractivity contribution in [3.8, 4) is 0 Å². The number of carbonyl (C=O) groups excluding carboxylic acids is 2. The van der Waals surface area contributed by atoms with Gasteiger partial charge in [0, 0.05) is 83.0 Å². The predicted molar refractivity (Wildman–Crippen MR) is 160 cm³/mol. The van der Waals surface area contributed by atoms with E-state index >= 15 is 0 Å². The zero-order valence-electron chi connectivity index (χ0n) is 27.3. The molecule has 6 aliphatic rings. The molecule has 15 atom stereocenters. The molecular formula is C34H47NO11. The molecule has 12 nitrogen and oxygen atoms in total. The summed E-state index contributed by atoms with van der Waals surface area (Å²) in [7, 11) is 6.27. The molecule has 7 bridgehead atoms. The van der Waals surface area contributed by atoms with E-state index in [2.05, 4.69) is 4.90 Å². The zero-order valence-corrected chi connectivity index (χ0v) is 27.3. The Morgan fingerprint density at radius 3 is 2.30 bits per heavy atom. The van der Waals surface area contributed by atoms with Gasteiger partial charge in [-0.2, -0.15) is 0 Å². The fourth-order valence-corrected chi connectivity index (χ4v) is 12.3. The third kappa shape index (κ3) is 3.62. The van der Waals surface area contributed by atoms with Crippen LogP contribution in [-0.4, -0.2) is 134 Å². The highest BCUT2D eigenvalue weighted by Crippen LogP contribution is 2.80. The number of ether oxygens (including phenoxy) is 6. The lowest BCUT2D eigenvalue weighted by Gasteiger charge is -2.70. The molecule has 0 amide bonds. The first-order valence-electron chi connectivity index (χ1n) is 16.3. The van der Waals surface area contributed by atoms with Crippen LogP contribution in [0.1, 0.15) is 37.0 Å². The molecule has 12 heteroatoms. The van der Waals surface area contributed by atoms with Crippen LogP contribution >= 0.6 is 0 Å². The number of likely N-dealkylation sites (tertiary alicyclic amines) is 1. The van der Waals surface area contributed by atoms with Crippen molar-refractivity contribution in [3.05, 3.63) is 35.9 Å². The van der Waals surface area contributed by atoms with Gasteiger partial charge >= 0.3 is 11.9 Å². The highest BCUT2D eigenvalue weighted by Gasteiger charge is 2.92. The van der Waals surface area contributed by atoms with E-state index in [1.807, 2.05) is 6.92 Å². The summed E-state index contributed by atoms with van der Waals surface area (Å²) in [6, 6.07) is 8.18. The highest BCUT2D eigenvalue weighted by molar-refractivity contribution is 5.89. The van der Waals surface area contributed by atoms with Crippen molar-refractivity contribution < 1.29 is 53.3 Å². The number of fused-ring (bicyclic) bond motifs is 2. The van der Waals surface area contributed by atoms with Crippen LogP contribution in [0.3, 0.4) is 0 Å². The Balaban J connectivity index is 1.53. The lowest BCUT2D eigenvalue weighted by Crippen LogP contribution is -2.81. The fourth-order valence-electron chi connectivity index (χ4n) is 12.3. The molecule has 254 valence electrons. The highest BCUT2D eigenvalue weighted by atomic mass is 16.6. The summed E-state index contributed by atoms with van der Waals surface area (Å²) in [6.45, 7) is 4.68. The van der Waals surface area contributed by atoms with Crippen LogP contribution in [0.15, 0.2) is 30.3 Å². The topological polar surface area (TPSA) is 153 Å². The largest absolute Gasteiger partial charge is 0.455 e. The summed E-state index contributed by atoms with van der Waals surface area (Å²) in [5.41, 5.74) is -4.79. The number of benzene rings is 1. The summed E-state index contributed by atoms with van der Waals surface area (Å²) in [5, 5.41) is 37.3. The molecule has 1 aliphatic heterocycles. The second-order valence-electron chi connectivity index (χ2n) is 14.4. The molecule has 5 saturated carbocycles. The van der Waals surface area contributed by atoms with E-state index in [0.717, 1.165) is 0 Å². The van der Waals surface area contributed by atoms with Crippen LogP contribution < -0.4 is 0 Å². The van der Waals surface area contributed by atoms with E-state index in [1.54, 1.807) is 51.7 Å². The molecule has 1 saturated heterocycles. The zero-order chi connectivity index (χ0) is 33.0. The van der Waals surface area contributed by atoms with Gasteiger partial charge in [0.15, 0.2) is 5.60 Å². The summed E-state index contributed by atoms with van der Waals surface area (Å²) in [5.74, 6) is -3.65. The molecule has 0 aromatic heterocycles. The average Bonchev–Trinajstić information content (AvgIpc) is 3.41. The molecule has 11 unspecified atom stereocenters. The fraction of sp³-hybridized carbons (Fsp3) is 0.765. The molecule has 1 aromatic rings.